The highest BCUT2D eigenvalue weighted by atomic mass is 79.9. The summed E-state index contributed by atoms with van der Waals surface area (Å²) in [6.07, 6.45) is 1.46. The molecule has 3 N–H and O–H groups in total. The molecule has 21 heavy (non-hydrogen) atoms. The maximum absolute atomic E-state index is 13.8. The number of hydrogen-bond acceptors (Lipinski definition) is 5. The van der Waals surface area contributed by atoms with Crippen LogP contribution in [0.5, 0.6) is 0 Å². The van der Waals surface area contributed by atoms with Crippen LogP contribution >= 0.6 is 15.9 Å². The smallest absolute Gasteiger partial charge is 0.226 e. The van der Waals surface area contributed by atoms with Crippen LogP contribution in [0.1, 0.15) is 0 Å². The molecule has 0 bridgehead atoms. The molecular weight excluding hydrogens is 346 g/mol. The Morgan fingerprint density at radius 1 is 1.19 bits per heavy atom. The summed E-state index contributed by atoms with van der Waals surface area (Å²) in [5.74, 6) is -0.741. The molecule has 1 aromatic carbocycles. The van der Waals surface area contributed by atoms with Crippen LogP contribution in [-0.2, 0) is 0 Å². The topological polar surface area (TPSA) is 78.5 Å². The second-order valence-electron chi connectivity index (χ2n) is 4.12. The molecule has 3 rings (SSSR count). The number of halogens is 3. The van der Waals surface area contributed by atoms with Crippen LogP contribution in [0.25, 0.3) is 11.2 Å². The van der Waals surface area contributed by atoms with Crippen molar-refractivity contribution in [3.8, 4) is 0 Å². The molecule has 108 valence electrons. The van der Waals surface area contributed by atoms with E-state index in [1.807, 2.05) is 0 Å². The number of aromatic nitrogens is 4. The second-order valence-corrected chi connectivity index (χ2v) is 4.97. The minimum atomic E-state index is -0.729. The number of aromatic amines is 1. The summed E-state index contributed by atoms with van der Waals surface area (Å²) in [7, 11) is 1.66. The molecule has 0 radical (unpaired) electrons. The van der Waals surface area contributed by atoms with Gasteiger partial charge in [0.05, 0.1) is 16.5 Å². The molecule has 0 saturated carbocycles. The molecule has 0 aliphatic rings. The normalized spacial score (nSPS) is 10.9. The van der Waals surface area contributed by atoms with Gasteiger partial charge in [0, 0.05) is 13.1 Å². The number of rotatable bonds is 3. The second kappa shape index (κ2) is 5.24. The van der Waals surface area contributed by atoms with Gasteiger partial charge in [-0.05, 0) is 22.0 Å². The molecule has 0 fully saturated rings. The third-order valence-corrected chi connectivity index (χ3v) is 3.38. The Bertz CT molecular complexity index is 819. The Kier molecular flexibility index (Phi) is 3.42. The lowest BCUT2D eigenvalue weighted by molar-refractivity contribution is 0.581. The minimum absolute atomic E-state index is 0.0833. The third kappa shape index (κ3) is 2.51. The van der Waals surface area contributed by atoms with Gasteiger partial charge in [-0.15, -0.1) is 0 Å². The van der Waals surface area contributed by atoms with Gasteiger partial charge >= 0.3 is 0 Å². The lowest BCUT2D eigenvalue weighted by atomic mass is 10.3. The van der Waals surface area contributed by atoms with Crippen LogP contribution in [-0.4, -0.2) is 27.0 Å². The van der Waals surface area contributed by atoms with E-state index in [4.69, 9.17) is 0 Å². The van der Waals surface area contributed by atoms with Gasteiger partial charge in [-0.3, -0.25) is 0 Å². The molecule has 6 nitrogen and oxygen atoms in total. The summed E-state index contributed by atoms with van der Waals surface area (Å²) in [6, 6.07) is 2.09. The Labute approximate surface area is 126 Å². The van der Waals surface area contributed by atoms with Gasteiger partial charge in [0.25, 0.3) is 0 Å². The van der Waals surface area contributed by atoms with Crippen molar-refractivity contribution in [3.63, 3.8) is 0 Å². The van der Waals surface area contributed by atoms with Crippen molar-refractivity contribution < 1.29 is 8.78 Å². The van der Waals surface area contributed by atoms with E-state index in [9.17, 15) is 8.78 Å². The minimum Gasteiger partial charge on any atom is -0.357 e. The van der Waals surface area contributed by atoms with Crippen LogP contribution in [0.15, 0.2) is 22.9 Å². The summed E-state index contributed by atoms with van der Waals surface area (Å²) in [4.78, 5) is 15.2. The number of hydrogen-bond donors (Lipinski definition) is 3. The number of H-pyrrole nitrogens is 1. The fourth-order valence-electron chi connectivity index (χ4n) is 1.78. The number of nitrogens with one attached hydrogen (secondary N) is 3. The first kappa shape index (κ1) is 13.7. The third-order valence-electron chi connectivity index (χ3n) is 2.77. The first-order valence-corrected chi connectivity index (χ1v) is 6.68. The number of benzene rings is 1. The van der Waals surface area contributed by atoms with Crippen molar-refractivity contribution >= 4 is 44.5 Å². The van der Waals surface area contributed by atoms with Gasteiger partial charge in [-0.25, -0.2) is 13.8 Å². The first-order valence-electron chi connectivity index (χ1n) is 5.89. The molecule has 0 saturated heterocycles. The summed E-state index contributed by atoms with van der Waals surface area (Å²) in [5, 5.41) is 5.60. The zero-order chi connectivity index (χ0) is 15.0. The molecular formula is C12H9BrF2N6. The summed E-state index contributed by atoms with van der Waals surface area (Å²) >= 11 is 3.02. The van der Waals surface area contributed by atoms with Gasteiger partial charge in [0.1, 0.15) is 17.2 Å². The standard InChI is InChI=1S/C12H9BrF2N6/c1-16-12-20-10-9(17-4-18-10)11(21-12)19-8-2-5(13)6(14)3-7(8)15/h2-4H,1H3,(H3,16,17,18,19,20,21). The SMILES string of the molecule is CNc1nc(Nc2cc(Br)c(F)cc2F)c2[nH]cnc2n1. The van der Waals surface area contributed by atoms with Crippen molar-refractivity contribution in [1.82, 2.24) is 19.9 Å². The first-order chi connectivity index (χ1) is 10.1. The maximum atomic E-state index is 13.8. The van der Waals surface area contributed by atoms with E-state index < -0.39 is 11.6 Å². The molecule has 2 heterocycles. The Hall–Kier alpha value is -2.29. The van der Waals surface area contributed by atoms with Crippen LogP contribution in [0.3, 0.4) is 0 Å². The lowest BCUT2D eigenvalue weighted by Gasteiger charge is -2.09. The Balaban J connectivity index is 2.09. The molecule has 0 spiro atoms. The molecule has 3 aromatic rings. The molecule has 0 aliphatic carbocycles. The van der Waals surface area contributed by atoms with Gasteiger partial charge in [0.15, 0.2) is 11.5 Å². The number of imidazole rings is 1. The average molecular weight is 355 g/mol. The summed E-state index contributed by atoms with van der Waals surface area (Å²) < 4.78 is 27.2. The summed E-state index contributed by atoms with van der Waals surface area (Å²) in [6.45, 7) is 0. The van der Waals surface area contributed by atoms with E-state index in [0.29, 0.717) is 22.9 Å². The van der Waals surface area contributed by atoms with E-state index in [1.54, 1.807) is 7.05 Å². The predicted molar refractivity (Wildman–Crippen MR) is 78.6 cm³/mol. The van der Waals surface area contributed by atoms with E-state index in [0.717, 1.165) is 6.07 Å². The molecule has 0 aliphatic heterocycles. The fourth-order valence-corrected chi connectivity index (χ4v) is 2.12. The molecule has 0 atom stereocenters. The fraction of sp³-hybridized carbons (Fsp3) is 0.0833. The predicted octanol–water partition coefficient (Wildman–Crippen LogP) is 3.18. The van der Waals surface area contributed by atoms with E-state index >= 15 is 0 Å². The molecule has 0 amide bonds. The summed E-state index contributed by atoms with van der Waals surface area (Å²) in [5.41, 5.74) is 1.03. The zero-order valence-electron chi connectivity index (χ0n) is 10.7. The number of nitrogens with zero attached hydrogens (tertiary/aromatic N) is 3. The van der Waals surface area contributed by atoms with Gasteiger partial charge in [-0.2, -0.15) is 9.97 Å². The van der Waals surface area contributed by atoms with Crippen LogP contribution in [0.4, 0.5) is 26.2 Å². The monoisotopic (exact) mass is 354 g/mol. The van der Waals surface area contributed by atoms with Crippen LogP contribution < -0.4 is 10.6 Å². The molecule has 2 aromatic heterocycles. The van der Waals surface area contributed by atoms with Crippen LogP contribution in [0.2, 0.25) is 0 Å². The van der Waals surface area contributed by atoms with Crippen molar-refractivity contribution in [2.75, 3.05) is 17.7 Å². The van der Waals surface area contributed by atoms with Crippen molar-refractivity contribution in [3.05, 3.63) is 34.6 Å². The van der Waals surface area contributed by atoms with Crippen molar-refractivity contribution in [1.29, 1.82) is 0 Å². The van der Waals surface area contributed by atoms with E-state index in [1.165, 1.54) is 12.4 Å². The van der Waals surface area contributed by atoms with Gasteiger partial charge in [-0.1, -0.05) is 0 Å². The van der Waals surface area contributed by atoms with Crippen molar-refractivity contribution in [2.24, 2.45) is 0 Å². The number of anilines is 3. The lowest BCUT2D eigenvalue weighted by Crippen LogP contribution is -2.03. The largest absolute Gasteiger partial charge is 0.357 e. The van der Waals surface area contributed by atoms with E-state index in [2.05, 4.69) is 46.5 Å². The zero-order valence-corrected chi connectivity index (χ0v) is 12.3. The highest BCUT2D eigenvalue weighted by Crippen LogP contribution is 2.28. The van der Waals surface area contributed by atoms with Crippen LogP contribution in [0, 0.1) is 11.6 Å². The average Bonchev–Trinajstić information content (AvgIpc) is 2.93. The molecule has 9 heteroatoms. The quantitative estimate of drug-likeness (QED) is 0.629. The molecule has 0 unspecified atom stereocenters. The highest BCUT2D eigenvalue weighted by molar-refractivity contribution is 9.10. The Morgan fingerprint density at radius 3 is 2.76 bits per heavy atom. The maximum Gasteiger partial charge on any atom is 0.226 e. The highest BCUT2D eigenvalue weighted by Gasteiger charge is 2.13. The van der Waals surface area contributed by atoms with Gasteiger partial charge < -0.3 is 15.6 Å². The Morgan fingerprint density at radius 2 is 2.00 bits per heavy atom. The van der Waals surface area contributed by atoms with Gasteiger partial charge in [0.2, 0.25) is 5.95 Å². The van der Waals surface area contributed by atoms with Crippen molar-refractivity contribution in [2.45, 2.75) is 0 Å². The number of fused-ring (bicyclic) bond motifs is 1. The van der Waals surface area contributed by atoms with E-state index in [-0.39, 0.29) is 10.2 Å².